The summed E-state index contributed by atoms with van der Waals surface area (Å²) in [7, 11) is 0. The van der Waals surface area contributed by atoms with Gasteiger partial charge in [-0.05, 0) is 40.8 Å². The van der Waals surface area contributed by atoms with Crippen LogP contribution in [-0.2, 0) is 6.54 Å². The average Bonchev–Trinajstić information content (AvgIpc) is 2.75. The van der Waals surface area contributed by atoms with Crippen LogP contribution in [0, 0.1) is 3.57 Å². The van der Waals surface area contributed by atoms with Crippen LogP contribution in [-0.4, -0.2) is 15.6 Å². The Kier molecular flexibility index (Phi) is 4.64. The minimum Gasteiger partial charge on any atom is -0.309 e. The van der Waals surface area contributed by atoms with Crippen molar-refractivity contribution in [3.63, 3.8) is 0 Å². The second-order valence-electron chi connectivity index (χ2n) is 4.40. The van der Waals surface area contributed by atoms with Gasteiger partial charge >= 0.3 is 0 Å². The predicted molar refractivity (Wildman–Crippen MR) is 83.3 cm³/mol. The molecule has 0 aliphatic rings. The van der Waals surface area contributed by atoms with E-state index in [0.29, 0.717) is 6.04 Å². The molecule has 1 N–H and O–H groups in total. The Morgan fingerprint density at radius 3 is 2.89 bits per heavy atom. The normalized spacial score (nSPS) is 11.2. The first-order valence-electron chi connectivity index (χ1n) is 5.78. The monoisotopic (exact) mass is 375 g/mol. The van der Waals surface area contributed by atoms with Crippen molar-refractivity contribution in [2.75, 3.05) is 0 Å². The highest BCUT2D eigenvalue weighted by Gasteiger charge is 2.05. The molecule has 1 aromatic heterocycles. The van der Waals surface area contributed by atoms with E-state index >= 15 is 0 Å². The van der Waals surface area contributed by atoms with E-state index in [1.807, 2.05) is 35.3 Å². The zero-order valence-electron chi connectivity index (χ0n) is 10.3. The Balaban J connectivity index is 2.18. The van der Waals surface area contributed by atoms with Gasteiger partial charge in [-0.3, -0.25) is 0 Å². The lowest BCUT2D eigenvalue weighted by Crippen LogP contribution is -2.21. The molecule has 0 aliphatic carbocycles. The molecule has 0 saturated heterocycles. The van der Waals surface area contributed by atoms with E-state index < -0.39 is 0 Å². The second-order valence-corrected chi connectivity index (χ2v) is 6.00. The Morgan fingerprint density at radius 2 is 2.22 bits per heavy atom. The van der Waals surface area contributed by atoms with E-state index in [0.717, 1.165) is 26.5 Å². The van der Waals surface area contributed by atoms with Gasteiger partial charge in [0.15, 0.2) is 0 Å². The Labute approximate surface area is 126 Å². The molecule has 0 bridgehead atoms. The molecular formula is C13H15ClIN3. The van der Waals surface area contributed by atoms with E-state index in [-0.39, 0.29) is 0 Å². The molecule has 0 radical (unpaired) electrons. The summed E-state index contributed by atoms with van der Waals surface area (Å²) >= 11 is 8.24. The van der Waals surface area contributed by atoms with Crippen LogP contribution in [0.2, 0.25) is 5.02 Å². The molecule has 5 heteroatoms. The molecule has 18 heavy (non-hydrogen) atoms. The number of imidazole rings is 1. The van der Waals surface area contributed by atoms with Gasteiger partial charge in [-0.25, -0.2) is 4.98 Å². The third-order valence-corrected chi connectivity index (χ3v) is 3.61. The molecule has 0 unspecified atom stereocenters. The van der Waals surface area contributed by atoms with Crippen molar-refractivity contribution in [3.8, 4) is 5.69 Å². The number of hydrogen-bond acceptors (Lipinski definition) is 2. The Bertz CT molecular complexity index is 537. The Morgan fingerprint density at radius 1 is 1.44 bits per heavy atom. The fourth-order valence-electron chi connectivity index (χ4n) is 1.59. The van der Waals surface area contributed by atoms with E-state index in [2.05, 4.69) is 46.7 Å². The van der Waals surface area contributed by atoms with Crippen molar-refractivity contribution >= 4 is 34.2 Å². The van der Waals surface area contributed by atoms with Gasteiger partial charge in [0.05, 0.1) is 17.7 Å². The van der Waals surface area contributed by atoms with Crippen molar-refractivity contribution in [3.05, 3.63) is 45.0 Å². The summed E-state index contributed by atoms with van der Waals surface area (Å²) in [6, 6.07) is 6.31. The van der Waals surface area contributed by atoms with Crippen molar-refractivity contribution in [2.45, 2.75) is 26.4 Å². The zero-order chi connectivity index (χ0) is 13.1. The number of rotatable bonds is 4. The molecule has 0 atom stereocenters. The molecule has 2 aromatic rings. The molecule has 0 amide bonds. The number of nitrogens with zero attached hydrogens (tertiary/aromatic N) is 2. The van der Waals surface area contributed by atoms with Crippen LogP contribution in [0.3, 0.4) is 0 Å². The molecule has 2 rings (SSSR count). The highest BCUT2D eigenvalue weighted by Crippen LogP contribution is 2.21. The lowest BCUT2D eigenvalue weighted by atomic mass is 10.3. The van der Waals surface area contributed by atoms with Gasteiger partial charge in [0, 0.05) is 27.4 Å². The SMILES string of the molecule is CC(C)NCc1cn(-c2ccc(Cl)cc2I)cn1. The largest absolute Gasteiger partial charge is 0.309 e. The maximum Gasteiger partial charge on any atom is 0.0996 e. The second kappa shape index (κ2) is 6.04. The van der Waals surface area contributed by atoms with Crippen molar-refractivity contribution in [1.82, 2.24) is 14.9 Å². The standard InChI is InChI=1S/C13H15ClIN3/c1-9(2)16-6-11-7-18(8-17-11)13-4-3-10(14)5-12(13)15/h3-5,7-9,16H,6H2,1-2H3. The van der Waals surface area contributed by atoms with E-state index in [9.17, 15) is 0 Å². The quantitative estimate of drug-likeness (QED) is 0.827. The summed E-state index contributed by atoms with van der Waals surface area (Å²) < 4.78 is 3.14. The predicted octanol–water partition coefficient (Wildman–Crippen LogP) is 3.63. The molecule has 96 valence electrons. The highest BCUT2D eigenvalue weighted by molar-refractivity contribution is 14.1. The topological polar surface area (TPSA) is 29.9 Å². The minimum absolute atomic E-state index is 0.464. The summed E-state index contributed by atoms with van der Waals surface area (Å²) in [4.78, 5) is 4.39. The lowest BCUT2D eigenvalue weighted by Gasteiger charge is -2.06. The van der Waals surface area contributed by atoms with Crippen LogP contribution in [0.15, 0.2) is 30.7 Å². The molecule has 0 fully saturated rings. The maximum absolute atomic E-state index is 5.95. The van der Waals surface area contributed by atoms with Gasteiger partial charge < -0.3 is 9.88 Å². The van der Waals surface area contributed by atoms with Crippen molar-refractivity contribution < 1.29 is 0 Å². The molecular weight excluding hydrogens is 361 g/mol. The maximum atomic E-state index is 5.95. The highest BCUT2D eigenvalue weighted by atomic mass is 127. The van der Waals surface area contributed by atoms with Crippen LogP contribution in [0.1, 0.15) is 19.5 Å². The van der Waals surface area contributed by atoms with Gasteiger partial charge in [0.1, 0.15) is 0 Å². The number of halogens is 2. The summed E-state index contributed by atoms with van der Waals surface area (Å²) in [6.07, 6.45) is 3.88. The first-order valence-corrected chi connectivity index (χ1v) is 7.23. The first kappa shape index (κ1) is 13.8. The van der Waals surface area contributed by atoms with Gasteiger partial charge in [-0.1, -0.05) is 25.4 Å². The molecule has 1 aromatic carbocycles. The summed E-state index contributed by atoms with van der Waals surface area (Å²) in [6.45, 7) is 5.03. The number of aromatic nitrogens is 2. The van der Waals surface area contributed by atoms with E-state index in [4.69, 9.17) is 11.6 Å². The molecule has 3 nitrogen and oxygen atoms in total. The Hall–Kier alpha value is -0.590. The fraction of sp³-hybridized carbons (Fsp3) is 0.308. The summed E-state index contributed by atoms with van der Waals surface area (Å²) in [5.41, 5.74) is 2.14. The average molecular weight is 376 g/mol. The van der Waals surface area contributed by atoms with Gasteiger partial charge in [-0.2, -0.15) is 0 Å². The van der Waals surface area contributed by atoms with Crippen LogP contribution >= 0.6 is 34.2 Å². The van der Waals surface area contributed by atoms with E-state index in [1.165, 1.54) is 0 Å². The van der Waals surface area contributed by atoms with Gasteiger partial charge in [0.2, 0.25) is 0 Å². The first-order chi connectivity index (χ1) is 8.56. The molecule has 0 spiro atoms. The van der Waals surface area contributed by atoms with Gasteiger partial charge in [0.25, 0.3) is 0 Å². The van der Waals surface area contributed by atoms with Crippen molar-refractivity contribution in [1.29, 1.82) is 0 Å². The molecule has 0 saturated carbocycles. The van der Waals surface area contributed by atoms with E-state index in [1.54, 1.807) is 0 Å². The lowest BCUT2D eigenvalue weighted by molar-refractivity contribution is 0.582. The molecule has 1 heterocycles. The van der Waals surface area contributed by atoms with Crippen LogP contribution in [0.25, 0.3) is 5.69 Å². The summed E-state index contributed by atoms with van der Waals surface area (Å²) in [5.74, 6) is 0. The fourth-order valence-corrected chi connectivity index (χ4v) is 2.74. The minimum atomic E-state index is 0.464. The number of hydrogen-bond donors (Lipinski definition) is 1. The smallest absolute Gasteiger partial charge is 0.0996 e. The molecule has 0 aliphatic heterocycles. The third-order valence-electron chi connectivity index (χ3n) is 2.52. The summed E-state index contributed by atoms with van der Waals surface area (Å²) in [5, 5.41) is 4.11. The van der Waals surface area contributed by atoms with Crippen LogP contribution in [0.5, 0.6) is 0 Å². The third kappa shape index (κ3) is 3.46. The van der Waals surface area contributed by atoms with Gasteiger partial charge in [-0.15, -0.1) is 0 Å². The van der Waals surface area contributed by atoms with Crippen molar-refractivity contribution in [2.24, 2.45) is 0 Å². The number of nitrogens with one attached hydrogen (secondary N) is 1. The zero-order valence-corrected chi connectivity index (χ0v) is 13.2. The number of benzene rings is 1. The van der Waals surface area contributed by atoms with Crippen LogP contribution in [0.4, 0.5) is 0 Å². The van der Waals surface area contributed by atoms with Crippen LogP contribution < -0.4 is 5.32 Å².